The molecule has 0 amide bonds. The molecule has 0 aromatic carbocycles. The van der Waals surface area contributed by atoms with E-state index in [4.69, 9.17) is 4.74 Å². The highest BCUT2D eigenvalue weighted by Crippen LogP contribution is 2.55. The molecule has 1 N–H and O–H groups in total. The Labute approximate surface area is 197 Å². The summed E-state index contributed by atoms with van der Waals surface area (Å²) in [6, 6.07) is 0. The lowest BCUT2D eigenvalue weighted by Crippen LogP contribution is -2.47. The molecule has 6 unspecified atom stereocenters. The van der Waals surface area contributed by atoms with E-state index in [2.05, 4.69) is 41.5 Å². The zero-order chi connectivity index (χ0) is 24.1. The first kappa shape index (κ1) is 27.2. The molecule has 0 aromatic heterocycles. The monoisotopic (exact) mass is 450 g/mol. The number of unbranched alkanes of at least 4 members (excludes halogenated alkanes) is 3. The minimum atomic E-state index is -0.850. The maximum absolute atomic E-state index is 13.0. The van der Waals surface area contributed by atoms with Gasteiger partial charge in [-0.05, 0) is 66.6 Å². The molecule has 2 saturated carbocycles. The van der Waals surface area contributed by atoms with E-state index in [-0.39, 0.29) is 22.7 Å². The highest BCUT2D eigenvalue weighted by molar-refractivity contribution is 5.81. The summed E-state index contributed by atoms with van der Waals surface area (Å²) in [6.45, 7) is 16.6. The van der Waals surface area contributed by atoms with E-state index < -0.39 is 17.8 Å². The molecule has 0 aliphatic heterocycles. The van der Waals surface area contributed by atoms with Gasteiger partial charge in [-0.3, -0.25) is 9.59 Å². The molecule has 2 rings (SSSR count). The number of aliphatic carboxylic acids is 1. The van der Waals surface area contributed by atoms with Gasteiger partial charge in [0.25, 0.3) is 0 Å². The molecule has 0 radical (unpaired) electrons. The van der Waals surface area contributed by atoms with Crippen LogP contribution in [-0.2, 0) is 14.3 Å². The van der Waals surface area contributed by atoms with E-state index in [1.54, 1.807) is 0 Å². The Morgan fingerprint density at radius 2 is 1.72 bits per heavy atom. The standard InChI is InChI=1S/C28H50O4/c1-8-9-10-11-15-23-22(27(3,4)5)17-16-20(28(23,6)7)18-32-26(31)21-14-12-13-19(2)24(21)25(29)30/h19-24H,8-18H2,1-7H3,(H,29,30). The summed E-state index contributed by atoms with van der Waals surface area (Å²) >= 11 is 0. The highest BCUT2D eigenvalue weighted by Gasteiger charge is 2.49. The summed E-state index contributed by atoms with van der Waals surface area (Å²) in [4.78, 5) is 24.8. The SMILES string of the molecule is CCCCCCC1C(C(C)(C)C)CCC(COC(=O)C2CCCC(C)C2C(=O)O)C1(C)C. The average Bonchev–Trinajstić information content (AvgIpc) is 2.69. The smallest absolute Gasteiger partial charge is 0.309 e. The summed E-state index contributed by atoms with van der Waals surface area (Å²) in [7, 11) is 0. The van der Waals surface area contributed by atoms with Crippen molar-refractivity contribution in [3.63, 3.8) is 0 Å². The van der Waals surface area contributed by atoms with E-state index >= 15 is 0 Å². The number of rotatable bonds is 9. The summed E-state index contributed by atoms with van der Waals surface area (Å²) in [6.07, 6.45) is 11.1. The number of carboxylic acid groups (broad SMARTS) is 1. The van der Waals surface area contributed by atoms with Gasteiger partial charge in [0.15, 0.2) is 0 Å². The van der Waals surface area contributed by atoms with Gasteiger partial charge in [-0.2, -0.15) is 0 Å². The van der Waals surface area contributed by atoms with Crippen LogP contribution in [0.1, 0.15) is 113 Å². The second-order valence-corrected chi connectivity index (χ2v) is 12.5. The number of carbonyl (C=O) groups is 2. The van der Waals surface area contributed by atoms with Crippen LogP contribution in [0.15, 0.2) is 0 Å². The van der Waals surface area contributed by atoms with Gasteiger partial charge in [-0.1, -0.05) is 80.6 Å². The predicted octanol–water partition coefficient (Wildman–Crippen LogP) is 7.35. The molecule has 0 spiro atoms. The van der Waals surface area contributed by atoms with Crippen LogP contribution in [0.4, 0.5) is 0 Å². The van der Waals surface area contributed by atoms with Crippen LogP contribution in [0.5, 0.6) is 0 Å². The third-order valence-electron chi connectivity index (χ3n) is 9.04. The summed E-state index contributed by atoms with van der Waals surface area (Å²) < 4.78 is 5.90. The molecular formula is C28H50O4. The van der Waals surface area contributed by atoms with Crippen molar-refractivity contribution in [2.24, 2.45) is 46.3 Å². The molecule has 186 valence electrons. The van der Waals surface area contributed by atoms with Gasteiger partial charge in [0.05, 0.1) is 18.4 Å². The molecule has 0 aromatic rings. The van der Waals surface area contributed by atoms with Crippen LogP contribution in [0, 0.1) is 46.3 Å². The fourth-order valence-corrected chi connectivity index (χ4v) is 6.86. The van der Waals surface area contributed by atoms with Crippen molar-refractivity contribution >= 4 is 11.9 Å². The second-order valence-electron chi connectivity index (χ2n) is 12.5. The topological polar surface area (TPSA) is 63.6 Å². The van der Waals surface area contributed by atoms with Crippen LogP contribution < -0.4 is 0 Å². The van der Waals surface area contributed by atoms with Gasteiger partial charge in [-0.25, -0.2) is 0 Å². The zero-order valence-electron chi connectivity index (χ0n) is 21.9. The summed E-state index contributed by atoms with van der Waals surface area (Å²) in [5, 5.41) is 9.68. The summed E-state index contributed by atoms with van der Waals surface area (Å²) in [5.41, 5.74) is 0.385. The van der Waals surface area contributed by atoms with Crippen molar-refractivity contribution in [2.45, 2.75) is 113 Å². The van der Waals surface area contributed by atoms with Crippen molar-refractivity contribution < 1.29 is 19.4 Å². The molecule has 2 aliphatic rings. The molecule has 6 atom stereocenters. The van der Waals surface area contributed by atoms with Gasteiger partial charge in [0.2, 0.25) is 0 Å². The van der Waals surface area contributed by atoms with E-state index in [1.165, 1.54) is 38.5 Å². The molecule has 0 heterocycles. The summed E-state index contributed by atoms with van der Waals surface area (Å²) in [5.74, 6) is -0.549. The van der Waals surface area contributed by atoms with Crippen molar-refractivity contribution in [1.29, 1.82) is 0 Å². The molecular weight excluding hydrogens is 400 g/mol. The number of hydrogen-bond donors (Lipinski definition) is 1. The fourth-order valence-electron chi connectivity index (χ4n) is 6.86. The van der Waals surface area contributed by atoms with Gasteiger partial charge in [0, 0.05) is 0 Å². The highest BCUT2D eigenvalue weighted by atomic mass is 16.5. The predicted molar refractivity (Wildman–Crippen MR) is 130 cm³/mol. The van der Waals surface area contributed by atoms with Crippen molar-refractivity contribution in [3.8, 4) is 0 Å². The Hall–Kier alpha value is -1.06. The van der Waals surface area contributed by atoms with Gasteiger partial charge in [-0.15, -0.1) is 0 Å². The number of ether oxygens (including phenoxy) is 1. The third-order valence-corrected chi connectivity index (χ3v) is 9.04. The molecule has 0 bridgehead atoms. The Morgan fingerprint density at radius 1 is 1.03 bits per heavy atom. The van der Waals surface area contributed by atoms with E-state index in [0.717, 1.165) is 19.3 Å². The Bertz CT molecular complexity index is 617. The molecule has 4 heteroatoms. The number of esters is 1. The zero-order valence-corrected chi connectivity index (χ0v) is 21.9. The second kappa shape index (κ2) is 11.4. The normalized spacial score (nSPS) is 33.0. The third kappa shape index (κ3) is 6.50. The molecule has 4 nitrogen and oxygen atoms in total. The average molecular weight is 451 g/mol. The van der Waals surface area contributed by atoms with E-state index in [9.17, 15) is 14.7 Å². The molecule has 0 saturated heterocycles. The lowest BCUT2D eigenvalue weighted by atomic mass is 9.52. The Kier molecular flexibility index (Phi) is 9.67. The minimum Gasteiger partial charge on any atom is -0.481 e. The van der Waals surface area contributed by atoms with Crippen LogP contribution in [0.3, 0.4) is 0 Å². The van der Waals surface area contributed by atoms with Crippen LogP contribution in [-0.4, -0.2) is 23.7 Å². The molecule has 2 fully saturated rings. The van der Waals surface area contributed by atoms with Crippen LogP contribution in [0.2, 0.25) is 0 Å². The largest absolute Gasteiger partial charge is 0.481 e. The van der Waals surface area contributed by atoms with E-state index in [0.29, 0.717) is 30.8 Å². The fraction of sp³-hybridized carbons (Fsp3) is 0.929. The van der Waals surface area contributed by atoms with Gasteiger partial charge < -0.3 is 9.84 Å². The Morgan fingerprint density at radius 3 is 2.31 bits per heavy atom. The minimum absolute atomic E-state index is 0.0324. The lowest BCUT2D eigenvalue weighted by Gasteiger charge is -2.53. The maximum Gasteiger partial charge on any atom is 0.309 e. The molecule has 32 heavy (non-hydrogen) atoms. The van der Waals surface area contributed by atoms with Crippen molar-refractivity contribution in [1.82, 2.24) is 0 Å². The van der Waals surface area contributed by atoms with E-state index in [1.807, 2.05) is 6.92 Å². The van der Waals surface area contributed by atoms with Crippen molar-refractivity contribution in [3.05, 3.63) is 0 Å². The lowest BCUT2D eigenvalue weighted by molar-refractivity contribution is -0.165. The molecule has 2 aliphatic carbocycles. The van der Waals surface area contributed by atoms with Gasteiger partial charge in [0.1, 0.15) is 0 Å². The quantitative estimate of drug-likeness (QED) is 0.294. The number of carbonyl (C=O) groups excluding carboxylic acids is 1. The number of hydrogen-bond acceptors (Lipinski definition) is 3. The first-order valence-electron chi connectivity index (χ1n) is 13.3. The van der Waals surface area contributed by atoms with Crippen LogP contribution >= 0.6 is 0 Å². The first-order chi connectivity index (χ1) is 14.9. The van der Waals surface area contributed by atoms with Gasteiger partial charge >= 0.3 is 11.9 Å². The van der Waals surface area contributed by atoms with Crippen LogP contribution in [0.25, 0.3) is 0 Å². The Balaban J connectivity index is 2.07. The first-order valence-corrected chi connectivity index (χ1v) is 13.3. The van der Waals surface area contributed by atoms with Crippen molar-refractivity contribution in [2.75, 3.05) is 6.61 Å². The maximum atomic E-state index is 13.0. The number of carboxylic acids is 1.